The first-order valence-electron chi connectivity index (χ1n) is 13.9. The maximum atomic E-state index is 13.5. The normalized spacial score (nSPS) is 22.7. The van der Waals surface area contributed by atoms with E-state index in [2.05, 4.69) is 42.6 Å². The summed E-state index contributed by atoms with van der Waals surface area (Å²) in [6.07, 6.45) is 14.2. The van der Waals surface area contributed by atoms with Gasteiger partial charge in [-0.1, -0.05) is 60.0 Å². The Bertz CT molecular complexity index is 1160. The molecule has 0 bridgehead atoms. The fourth-order valence-corrected chi connectivity index (χ4v) is 5.70. The van der Waals surface area contributed by atoms with Crippen LogP contribution in [0.25, 0.3) is 6.08 Å². The zero-order valence-corrected chi connectivity index (χ0v) is 21.9. The largest absolute Gasteiger partial charge is 0.482 e. The second-order valence-electron chi connectivity index (χ2n) is 10.7. The summed E-state index contributed by atoms with van der Waals surface area (Å²) in [5.41, 5.74) is 5.30. The first-order valence-corrected chi connectivity index (χ1v) is 13.9. The first-order chi connectivity index (χ1) is 18.1. The molecule has 2 fully saturated rings. The van der Waals surface area contributed by atoms with Gasteiger partial charge in [0.1, 0.15) is 6.10 Å². The quantitative estimate of drug-likeness (QED) is 0.359. The number of carbonyl (C=O) groups is 2. The Kier molecular flexibility index (Phi) is 8.08. The molecule has 5 heteroatoms. The predicted octanol–water partition coefficient (Wildman–Crippen LogP) is 6.33. The monoisotopic (exact) mass is 498 g/mol. The van der Waals surface area contributed by atoms with Crippen LogP contribution in [0, 0.1) is 6.92 Å². The highest BCUT2D eigenvalue weighted by Crippen LogP contribution is 2.34. The lowest BCUT2D eigenvalue weighted by Crippen LogP contribution is -2.54. The van der Waals surface area contributed by atoms with Gasteiger partial charge in [0.25, 0.3) is 11.8 Å². The Morgan fingerprint density at radius 3 is 2.57 bits per heavy atom. The van der Waals surface area contributed by atoms with Crippen molar-refractivity contribution in [2.45, 2.75) is 83.4 Å². The van der Waals surface area contributed by atoms with Crippen molar-refractivity contribution in [2.75, 3.05) is 6.54 Å². The molecular weight excluding hydrogens is 460 g/mol. The van der Waals surface area contributed by atoms with Crippen LogP contribution in [0.3, 0.4) is 0 Å². The molecule has 5 rings (SSSR count). The Balaban J connectivity index is 1.25. The minimum Gasteiger partial charge on any atom is -0.482 e. The lowest BCUT2D eigenvalue weighted by molar-refractivity contribution is -0.149. The number of fused-ring (bicyclic) bond motifs is 1. The van der Waals surface area contributed by atoms with Gasteiger partial charge < -0.3 is 15.0 Å². The molecule has 3 aliphatic rings. The van der Waals surface area contributed by atoms with Crippen molar-refractivity contribution in [3.05, 3.63) is 88.2 Å². The van der Waals surface area contributed by atoms with E-state index in [4.69, 9.17) is 4.74 Å². The van der Waals surface area contributed by atoms with E-state index in [1.165, 1.54) is 24.0 Å². The Hall–Kier alpha value is -3.34. The van der Waals surface area contributed by atoms with Crippen molar-refractivity contribution in [1.29, 1.82) is 0 Å². The minimum atomic E-state index is -0.0603. The van der Waals surface area contributed by atoms with E-state index in [0.29, 0.717) is 24.4 Å². The van der Waals surface area contributed by atoms with E-state index in [1.807, 2.05) is 35.2 Å². The van der Waals surface area contributed by atoms with Gasteiger partial charge in [0, 0.05) is 18.7 Å². The molecule has 2 amide bonds. The van der Waals surface area contributed by atoms with Crippen molar-refractivity contribution >= 4 is 17.9 Å². The molecule has 37 heavy (non-hydrogen) atoms. The van der Waals surface area contributed by atoms with E-state index in [1.54, 1.807) is 0 Å². The number of ether oxygens (including phenoxy) is 1. The van der Waals surface area contributed by atoms with E-state index >= 15 is 0 Å². The number of amides is 2. The number of benzene rings is 2. The van der Waals surface area contributed by atoms with Crippen LogP contribution in [0.15, 0.2) is 65.9 Å². The van der Waals surface area contributed by atoms with Gasteiger partial charge in [-0.05, 0) is 87.6 Å². The van der Waals surface area contributed by atoms with Crippen LogP contribution in [0.2, 0.25) is 0 Å². The van der Waals surface area contributed by atoms with Gasteiger partial charge in [-0.25, -0.2) is 0 Å². The molecular formula is C32H38N2O3. The van der Waals surface area contributed by atoms with Gasteiger partial charge in [0.05, 0.1) is 6.04 Å². The standard InChI is InChI=1S/C32H38N2O3/c1-23-11-13-26(14-12-23)22-34-28-9-5-6-10-29(28)37-30(32(34)36)21-25-15-17-27(18-16-25)31(35)33-20-19-24-7-3-2-4-8-24/h7,11-18,21,28-29H,2-6,8-10,19-20,22H2,1H3,(H,33,35)/b30-21+. The average molecular weight is 499 g/mol. The molecule has 194 valence electrons. The van der Waals surface area contributed by atoms with E-state index in [0.717, 1.165) is 56.1 Å². The van der Waals surface area contributed by atoms with Crippen molar-refractivity contribution in [2.24, 2.45) is 0 Å². The molecule has 1 heterocycles. The molecule has 2 unspecified atom stereocenters. The zero-order valence-electron chi connectivity index (χ0n) is 21.9. The van der Waals surface area contributed by atoms with Gasteiger partial charge in [0.15, 0.2) is 5.76 Å². The number of rotatable bonds is 7. The van der Waals surface area contributed by atoms with Crippen molar-refractivity contribution in [3.8, 4) is 0 Å². The summed E-state index contributed by atoms with van der Waals surface area (Å²) in [6, 6.07) is 15.9. The topological polar surface area (TPSA) is 58.6 Å². The number of nitrogens with one attached hydrogen (secondary N) is 1. The van der Waals surface area contributed by atoms with E-state index < -0.39 is 0 Å². The molecule has 1 aliphatic heterocycles. The molecule has 5 nitrogen and oxygen atoms in total. The fourth-order valence-electron chi connectivity index (χ4n) is 5.70. The highest BCUT2D eigenvalue weighted by Gasteiger charge is 2.41. The summed E-state index contributed by atoms with van der Waals surface area (Å²) in [6.45, 7) is 3.33. The summed E-state index contributed by atoms with van der Waals surface area (Å²) in [4.78, 5) is 28.2. The Morgan fingerprint density at radius 2 is 1.81 bits per heavy atom. The van der Waals surface area contributed by atoms with Crippen LogP contribution < -0.4 is 5.32 Å². The molecule has 1 saturated heterocycles. The second kappa shape index (κ2) is 11.8. The fraction of sp³-hybridized carbons (Fsp3) is 0.438. The highest BCUT2D eigenvalue weighted by molar-refractivity contribution is 5.97. The van der Waals surface area contributed by atoms with Gasteiger partial charge >= 0.3 is 0 Å². The molecule has 2 atom stereocenters. The van der Waals surface area contributed by atoms with Gasteiger partial charge in [-0.15, -0.1) is 0 Å². The minimum absolute atomic E-state index is 0.0347. The number of nitrogens with zero attached hydrogens (tertiary/aromatic N) is 1. The molecule has 1 saturated carbocycles. The third-order valence-corrected chi connectivity index (χ3v) is 7.88. The SMILES string of the molecule is Cc1ccc(CN2C(=O)/C(=C\c3ccc(C(=O)NCCC4=CCCCC4)cc3)OC3CCCCC32)cc1. The number of aryl methyl sites for hydroxylation is 1. The third-order valence-electron chi connectivity index (χ3n) is 7.88. The number of hydrogen-bond acceptors (Lipinski definition) is 3. The summed E-state index contributed by atoms with van der Waals surface area (Å²) >= 11 is 0. The van der Waals surface area contributed by atoms with Crippen molar-refractivity contribution in [1.82, 2.24) is 10.2 Å². The van der Waals surface area contributed by atoms with Crippen LogP contribution in [0.5, 0.6) is 0 Å². The molecule has 2 aromatic rings. The number of morpholine rings is 1. The third kappa shape index (κ3) is 6.33. The molecule has 0 spiro atoms. The van der Waals surface area contributed by atoms with Gasteiger partial charge in [-0.2, -0.15) is 0 Å². The lowest BCUT2D eigenvalue weighted by atomic mass is 9.89. The molecule has 0 aromatic heterocycles. The van der Waals surface area contributed by atoms with E-state index in [9.17, 15) is 9.59 Å². The maximum Gasteiger partial charge on any atom is 0.289 e. The summed E-state index contributed by atoms with van der Waals surface area (Å²) in [5, 5.41) is 3.04. The number of allylic oxidation sites excluding steroid dienone is 1. The summed E-state index contributed by atoms with van der Waals surface area (Å²) in [7, 11) is 0. The average Bonchev–Trinajstić information content (AvgIpc) is 2.93. The Labute approximate surface area is 220 Å². The maximum absolute atomic E-state index is 13.5. The van der Waals surface area contributed by atoms with Crippen molar-refractivity contribution < 1.29 is 14.3 Å². The smallest absolute Gasteiger partial charge is 0.289 e. The number of hydrogen-bond donors (Lipinski definition) is 1. The zero-order chi connectivity index (χ0) is 25.6. The number of carbonyl (C=O) groups excluding carboxylic acids is 2. The van der Waals surface area contributed by atoms with Crippen LogP contribution in [0.1, 0.15) is 84.8 Å². The predicted molar refractivity (Wildman–Crippen MR) is 147 cm³/mol. The highest BCUT2D eigenvalue weighted by atomic mass is 16.5. The van der Waals surface area contributed by atoms with Crippen molar-refractivity contribution in [3.63, 3.8) is 0 Å². The summed E-state index contributed by atoms with van der Waals surface area (Å²) in [5.74, 6) is 0.283. The molecule has 0 radical (unpaired) electrons. The van der Waals surface area contributed by atoms with Gasteiger partial charge in [-0.3, -0.25) is 9.59 Å². The first kappa shape index (κ1) is 25.3. The van der Waals surface area contributed by atoms with Crippen LogP contribution in [0.4, 0.5) is 0 Å². The van der Waals surface area contributed by atoms with E-state index in [-0.39, 0.29) is 24.0 Å². The lowest BCUT2D eigenvalue weighted by Gasteiger charge is -2.44. The van der Waals surface area contributed by atoms with Crippen LogP contribution >= 0.6 is 0 Å². The second-order valence-corrected chi connectivity index (χ2v) is 10.7. The Morgan fingerprint density at radius 1 is 1.03 bits per heavy atom. The summed E-state index contributed by atoms with van der Waals surface area (Å²) < 4.78 is 6.27. The molecule has 2 aromatic carbocycles. The van der Waals surface area contributed by atoms with Gasteiger partial charge in [0.2, 0.25) is 0 Å². The molecule has 1 N–H and O–H groups in total. The van der Waals surface area contributed by atoms with Crippen LogP contribution in [-0.2, 0) is 16.1 Å². The van der Waals surface area contributed by atoms with Crippen LogP contribution in [-0.4, -0.2) is 35.4 Å². The molecule has 2 aliphatic carbocycles.